The van der Waals surface area contributed by atoms with Crippen LogP contribution < -0.4 is 4.90 Å². The molecule has 0 aliphatic heterocycles. The van der Waals surface area contributed by atoms with Gasteiger partial charge in [-0.3, -0.25) is 4.98 Å². The van der Waals surface area contributed by atoms with Crippen LogP contribution >= 0.6 is 11.3 Å². The second kappa shape index (κ2) is 10.9. The largest absolute Gasteiger partial charge is 0.310 e. The average Bonchev–Trinajstić information content (AvgIpc) is 3.83. The van der Waals surface area contributed by atoms with Gasteiger partial charge >= 0.3 is 0 Å². The molecule has 9 aromatic rings. The van der Waals surface area contributed by atoms with Crippen LogP contribution in [-0.4, -0.2) is 4.98 Å². The zero-order valence-electron chi connectivity index (χ0n) is 27.6. The van der Waals surface area contributed by atoms with E-state index in [2.05, 4.69) is 174 Å². The highest BCUT2D eigenvalue weighted by Gasteiger charge is 2.52. The molecule has 2 heterocycles. The van der Waals surface area contributed by atoms with Gasteiger partial charge in [-0.2, -0.15) is 0 Å². The Balaban J connectivity index is 1.14. The summed E-state index contributed by atoms with van der Waals surface area (Å²) in [6.07, 6.45) is 1.85. The van der Waals surface area contributed by atoms with E-state index in [1.807, 2.05) is 29.7 Å². The van der Waals surface area contributed by atoms with Crippen LogP contribution in [0.25, 0.3) is 53.7 Å². The van der Waals surface area contributed by atoms with E-state index in [0.717, 1.165) is 28.3 Å². The number of nitrogens with zero attached hydrogens (tertiary/aromatic N) is 2. The molecule has 7 aromatic carbocycles. The third-order valence-corrected chi connectivity index (χ3v) is 12.1. The highest BCUT2D eigenvalue weighted by molar-refractivity contribution is 7.26. The number of benzene rings is 7. The zero-order chi connectivity index (χ0) is 33.5. The maximum absolute atomic E-state index is 4.64. The van der Waals surface area contributed by atoms with Crippen molar-refractivity contribution in [2.24, 2.45) is 0 Å². The molecular formula is C48H30N2S. The normalized spacial score (nSPS) is 13.3. The minimum atomic E-state index is -0.336. The van der Waals surface area contributed by atoms with E-state index in [0.29, 0.717) is 0 Å². The van der Waals surface area contributed by atoms with Crippen molar-refractivity contribution < 1.29 is 0 Å². The van der Waals surface area contributed by atoms with Crippen molar-refractivity contribution >= 4 is 48.6 Å². The van der Waals surface area contributed by atoms with Crippen LogP contribution in [0.15, 0.2) is 182 Å². The molecule has 0 saturated carbocycles. The summed E-state index contributed by atoms with van der Waals surface area (Å²) in [5.41, 5.74) is 16.0. The first kappa shape index (κ1) is 28.5. The van der Waals surface area contributed by atoms with Crippen LogP contribution in [0.2, 0.25) is 0 Å². The molecule has 3 heteroatoms. The second-order valence-corrected chi connectivity index (χ2v) is 14.5. The predicted molar refractivity (Wildman–Crippen MR) is 214 cm³/mol. The fourth-order valence-electron chi connectivity index (χ4n) is 8.90. The van der Waals surface area contributed by atoms with Gasteiger partial charge in [0.05, 0.1) is 11.1 Å². The van der Waals surface area contributed by atoms with E-state index in [1.54, 1.807) is 0 Å². The Kier molecular flexibility index (Phi) is 6.07. The number of hydrogen-bond acceptors (Lipinski definition) is 3. The van der Waals surface area contributed by atoms with Crippen molar-refractivity contribution in [1.82, 2.24) is 4.98 Å². The molecule has 0 amide bonds. The Bertz CT molecular complexity index is 2770. The first-order valence-electron chi connectivity index (χ1n) is 17.5. The lowest BCUT2D eigenvalue weighted by Gasteiger charge is -2.30. The number of para-hydroxylation sites is 1. The Hall–Kier alpha value is -6.29. The SMILES string of the molecule is c1ccc(N(c2cccc(-c3ccccn3)c2)c2ccc3sc4c5c(ccc4c3c2)C2(c3ccccc3-c3ccccc32)c2ccccc2-5)cc1. The van der Waals surface area contributed by atoms with E-state index in [9.17, 15) is 0 Å². The van der Waals surface area contributed by atoms with Crippen LogP contribution in [0.4, 0.5) is 17.1 Å². The molecule has 0 bridgehead atoms. The number of fused-ring (bicyclic) bond motifs is 14. The number of pyridine rings is 1. The summed E-state index contributed by atoms with van der Waals surface area (Å²) < 4.78 is 2.65. The lowest BCUT2D eigenvalue weighted by atomic mass is 9.70. The second-order valence-electron chi connectivity index (χ2n) is 13.5. The summed E-state index contributed by atoms with van der Waals surface area (Å²) in [7, 11) is 0. The molecule has 2 aromatic heterocycles. The van der Waals surface area contributed by atoms with Crippen LogP contribution in [0.1, 0.15) is 22.3 Å². The minimum absolute atomic E-state index is 0.336. The lowest BCUT2D eigenvalue weighted by molar-refractivity contribution is 0.794. The quantitative estimate of drug-likeness (QED) is 0.186. The molecule has 0 unspecified atom stereocenters. The van der Waals surface area contributed by atoms with Crippen molar-refractivity contribution in [3.63, 3.8) is 0 Å². The van der Waals surface area contributed by atoms with E-state index < -0.39 is 0 Å². The predicted octanol–water partition coefficient (Wildman–Crippen LogP) is 12.9. The zero-order valence-corrected chi connectivity index (χ0v) is 28.4. The molecule has 2 nitrogen and oxygen atoms in total. The molecular weight excluding hydrogens is 637 g/mol. The highest BCUT2D eigenvalue weighted by atomic mass is 32.1. The maximum Gasteiger partial charge on any atom is 0.0726 e. The Morgan fingerprint density at radius 2 is 1.10 bits per heavy atom. The van der Waals surface area contributed by atoms with Crippen molar-refractivity contribution in [2.45, 2.75) is 5.41 Å². The Labute approximate surface area is 300 Å². The molecule has 51 heavy (non-hydrogen) atoms. The average molecular weight is 667 g/mol. The van der Waals surface area contributed by atoms with E-state index in [1.165, 1.54) is 64.7 Å². The summed E-state index contributed by atoms with van der Waals surface area (Å²) in [6, 6.07) is 64.4. The summed E-state index contributed by atoms with van der Waals surface area (Å²) >= 11 is 1.92. The van der Waals surface area contributed by atoms with Gasteiger partial charge in [0.25, 0.3) is 0 Å². The van der Waals surface area contributed by atoms with Crippen molar-refractivity contribution in [1.29, 1.82) is 0 Å². The molecule has 2 aliphatic carbocycles. The maximum atomic E-state index is 4.64. The van der Waals surface area contributed by atoms with E-state index in [-0.39, 0.29) is 5.41 Å². The minimum Gasteiger partial charge on any atom is -0.310 e. The fourth-order valence-corrected chi connectivity index (χ4v) is 10.1. The first-order chi connectivity index (χ1) is 25.3. The van der Waals surface area contributed by atoms with Crippen molar-refractivity contribution in [2.75, 3.05) is 4.90 Å². The number of thiophene rings is 1. The Morgan fingerprint density at radius 3 is 1.84 bits per heavy atom. The van der Waals surface area contributed by atoms with Crippen LogP contribution in [0.5, 0.6) is 0 Å². The monoisotopic (exact) mass is 666 g/mol. The summed E-state index contributed by atoms with van der Waals surface area (Å²) in [5.74, 6) is 0. The van der Waals surface area contributed by atoms with Gasteiger partial charge in [0.15, 0.2) is 0 Å². The molecule has 1 spiro atoms. The van der Waals surface area contributed by atoms with Gasteiger partial charge in [0.2, 0.25) is 0 Å². The number of rotatable bonds is 4. The summed E-state index contributed by atoms with van der Waals surface area (Å²) in [5, 5.41) is 2.58. The number of aromatic nitrogens is 1. The molecule has 0 N–H and O–H groups in total. The van der Waals surface area contributed by atoms with Crippen LogP contribution in [0, 0.1) is 0 Å². The third-order valence-electron chi connectivity index (χ3n) is 10.9. The smallest absolute Gasteiger partial charge is 0.0726 e. The van der Waals surface area contributed by atoms with Gasteiger partial charge in [-0.1, -0.05) is 121 Å². The van der Waals surface area contributed by atoms with Crippen molar-refractivity contribution in [3.8, 4) is 33.5 Å². The molecule has 0 fully saturated rings. The fraction of sp³-hybridized carbons (Fsp3) is 0.0208. The number of hydrogen-bond donors (Lipinski definition) is 0. The Morgan fingerprint density at radius 1 is 0.451 bits per heavy atom. The lowest BCUT2D eigenvalue weighted by Crippen LogP contribution is -2.25. The third kappa shape index (κ3) is 3.95. The molecule has 11 rings (SSSR count). The van der Waals surface area contributed by atoms with Gasteiger partial charge in [0.1, 0.15) is 0 Å². The van der Waals surface area contributed by atoms with Crippen molar-refractivity contribution in [3.05, 3.63) is 204 Å². The molecule has 0 radical (unpaired) electrons. The van der Waals surface area contributed by atoms with Gasteiger partial charge in [0, 0.05) is 54.6 Å². The summed E-state index contributed by atoms with van der Waals surface area (Å²) in [6.45, 7) is 0. The topological polar surface area (TPSA) is 16.1 Å². The van der Waals surface area contributed by atoms with Gasteiger partial charge in [-0.15, -0.1) is 11.3 Å². The van der Waals surface area contributed by atoms with Gasteiger partial charge < -0.3 is 4.90 Å². The van der Waals surface area contributed by atoms with E-state index in [4.69, 9.17) is 0 Å². The molecule has 238 valence electrons. The van der Waals surface area contributed by atoms with E-state index >= 15 is 0 Å². The standard InChI is InChI=1S/C48H30N2S/c1-2-14-32(15-3-1)50(33-16-12-13-31(29-33)44-23-10-11-28-49-44)34-24-27-45-39(30-34)37-25-26-43-46(47(37)51-45)38-19-6-9-22-42(38)48(43)40-20-7-4-17-35(40)36-18-5-8-21-41(36)48/h1-30H. The molecule has 0 saturated heterocycles. The van der Waals surface area contributed by atoms with Gasteiger partial charge in [-0.25, -0.2) is 0 Å². The first-order valence-corrected chi connectivity index (χ1v) is 18.3. The summed E-state index contributed by atoms with van der Waals surface area (Å²) in [4.78, 5) is 7.00. The molecule has 0 atom stereocenters. The van der Waals surface area contributed by atoms with Crippen LogP contribution in [-0.2, 0) is 5.41 Å². The molecule has 2 aliphatic rings. The number of anilines is 3. The van der Waals surface area contributed by atoms with Gasteiger partial charge in [-0.05, 0) is 93.5 Å². The van der Waals surface area contributed by atoms with Crippen LogP contribution in [0.3, 0.4) is 0 Å². The highest BCUT2D eigenvalue weighted by Crippen LogP contribution is 2.64.